The van der Waals surface area contributed by atoms with E-state index in [1.54, 1.807) is 11.3 Å². The van der Waals surface area contributed by atoms with E-state index in [1.165, 1.54) is 4.88 Å². The summed E-state index contributed by atoms with van der Waals surface area (Å²) < 4.78 is 0. The monoisotopic (exact) mass is 296 g/mol. The lowest BCUT2D eigenvalue weighted by molar-refractivity contribution is 0.428. The number of aliphatic imine (C=N–C) groups is 1. The summed E-state index contributed by atoms with van der Waals surface area (Å²) in [5.74, 6) is 1.37. The fraction of sp³-hybridized carbons (Fsp3) is 0.667. The molecule has 20 heavy (non-hydrogen) atoms. The Balaban J connectivity index is 2.23. The number of nitrogens with zero attached hydrogens (tertiary/aromatic N) is 1. The molecule has 1 atom stereocenters. The quantitative estimate of drug-likeness (QED) is 0.429. The van der Waals surface area contributed by atoms with Crippen LogP contribution in [0.25, 0.3) is 0 Å². The van der Waals surface area contributed by atoms with Crippen LogP contribution in [-0.4, -0.2) is 38.2 Å². The van der Waals surface area contributed by atoms with Crippen molar-refractivity contribution in [2.75, 3.05) is 26.7 Å². The Bertz CT molecular complexity index is 393. The maximum absolute atomic E-state index is 4.25. The Morgan fingerprint density at radius 1 is 1.30 bits per heavy atom. The van der Waals surface area contributed by atoms with Gasteiger partial charge in [-0.2, -0.15) is 0 Å². The van der Waals surface area contributed by atoms with Crippen LogP contribution < -0.4 is 16.0 Å². The molecule has 114 valence electrons. The lowest BCUT2D eigenvalue weighted by Crippen LogP contribution is -2.45. The van der Waals surface area contributed by atoms with E-state index in [4.69, 9.17) is 0 Å². The third-order valence-electron chi connectivity index (χ3n) is 2.90. The van der Waals surface area contributed by atoms with Gasteiger partial charge in [0.25, 0.3) is 0 Å². The van der Waals surface area contributed by atoms with Crippen LogP contribution in [0.1, 0.15) is 38.5 Å². The second-order valence-corrected chi connectivity index (χ2v) is 6.95. The molecule has 5 heteroatoms. The summed E-state index contributed by atoms with van der Waals surface area (Å²) in [6.07, 6.45) is 0. The summed E-state index contributed by atoms with van der Waals surface area (Å²) in [6, 6.07) is 4.28. The summed E-state index contributed by atoms with van der Waals surface area (Å²) in [7, 11) is 1.81. The molecule has 0 radical (unpaired) electrons. The molecule has 0 saturated carbocycles. The van der Waals surface area contributed by atoms with Gasteiger partial charge in [-0.1, -0.05) is 13.0 Å². The second-order valence-electron chi connectivity index (χ2n) is 5.97. The summed E-state index contributed by atoms with van der Waals surface area (Å²) in [5, 5.41) is 12.3. The molecule has 4 nitrogen and oxygen atoms in total. The summed E-state index contributed by atoms with van der Waals surface area (Å²) in [4.78, 5) is 5.65. The van der Waals surface area contributed by atoms with Crippen LogP contribution in [0.15, 0.2) is 22.5 Å². The third kappa shape index (κ3) is 6.91. The zero-order valence-electron chi connectivity index (χ0n) is 13.3. The van der Waals surface area contributed by atoms with E-state index in [1.807, 2.05) is 7.05 Å². The molecule has 0 aliphatic heterocycles. The molecule has 0 spiro atoms. The van der Waals surface area contributed by atoms with Crippen LogP contribution in [-0.2, 0) is 0 Å². The van der Waals surface area contributed by atoms with Gasteiger partial charge >= 0.3 is 0 Å². The minimum atomic E-state index is 0.159. The highest BCUT2D eigenvalue weighted by molar-refractivity contribution is 7.10. The highest BCUT2D eigenvalue weighted by Crippen LogP contribution is 2.19. The van der Waals surface area contributed by atoms with Crippen LogP contribution in [0, 0.1) is 0 Å². The Labute approximate surface area is 127 Å². The van der Waals surface area contributed by atoms with Gasteiger partial charge in [0, 0.05) is 43.0 Å². The van der Waals surface area contributed by atoms with E-state index in [9.17, 15) is 0 Å². The van der Waals surface area contributed by atoms with Gasteiger partial charge in [0.2, 0.25) is 0 Å². The van der Waals surface area contributed by atoms with Crippen LogP contribution in [0.3, 0.4) is 0 Å². The highest BCUT2D eigenvalue weighted by atomic mass is 32.1. The van der Waals surface area contributed by atoms with E-state index in [0.717, 1.165) is 25.6 Å². The van der Waals surface area contributed by atoms with Gasteiger partial charge in [0.15, 0.2) is 5.96 Å². The molecule has 0 bridgehead atoms. The Hall–Kier alpha value is -1.07. The molecular weight excluding hydrogens is 268 g/mol. The van der Waals surface area contributed by atoms with Crippen LogP contribution in [0.5, 0.6) is 0 Å². The fourth-order valence-electron chi connectivity index (χ4n) is 1.76. The van der Waals surface area contributed by atoms with E-state index in [2.05, 4.69) is 66.2 Å². The first kappa shape index (κ1) is 17.0. The number of nitrogens with one attached hydrogen (secondary N) is 3. The van der Waals surface area contributed by atoms with Gasteiger partial charge < -0.3 is 16.0 Å². The standard InChI is InChI=1S/C15H28N4S/c1-12(13-7-6-10-20-13)11-18-14(16-5)17-8-9-19-15(2,3)4/h6-7,10,12,19H,8-9,11H2,1-5H3,(H2,16,17,18). The van der Waals surface area contributed by atoms with Gasteiger partial charge in [-0.05, 0) is 32.2 Å². The predicted molar refractivity (Wildman–Crippen MR) is 89.9 cm³/mol. The Morgan fingerprint density at radius 3 is 2.60 bits per heavy atom. The molecule has 1 rings (SSSR count). The van der Waals surface area contributed by atoms with E-state index < -0.39 is 0 Å². The molecule has 1 heterocycles. The molecule has 3 N–H and O–H groups in total. The summed E-state index contributed by atoms with van der Waals surface area (Å²) in [6.45, 7) is 11.4. The van der Waals surface area contributed by atoms with Crippen molar-refractivity contribution in [2.24, 2.45) is 4.99 Å². The molecule has 0 aliphatic carbocycles. The molecule has 1 aromatic rings. The smallest absolute Gasteiger partial charge is 0.191 e. The first-order valence-corrected chi connectivity index (χ1v) is 8.03. The van der Waals surface area contributed by atoms with Crippen molar-refractivity contribution in [2.45, 2.75) is 39.2 Å². The molecule has 1 unspecified atom stereocenters. The number of thiophene rings is 1. The maximum atomic E-state index is 4.25. The molecule has 0 saturated heterocycles. The second kappa shape index (κ2) is 8.27. The first-order chi connectivity index (χ1) is 9.42. The van der Waals surface area contributed by atoms with Gasteiger partial charge in [-0.15, -0.1) is 11.3 Å². The third-order valence-corrected chi connectivity index (χ3v) is 4.00. The van der Waals surface area contributed by atoms with Crippen molar-refractivity contribution in [3.8, 4) is 0 Å². The predicted octanol–water partition coefficient (Wildman–Crippen LogP) is 2.40. The van der Waals surface area contributed by atoms with E-state index in [-0.39, 0.29) is 5.54 Å². The first-order valence-electron chi connectivity index (χ1n) is 7.15. The zero-order chi connectivity index (χ0) is 15.0. The van der Waals surface area contributed by atoms with Crippen molar-refractivity contribution in [3.05, 3.63) is 22.4 Å². The van der Waals surface area contributed by atoms with Gasteiger partial charge in [0.05, 0.1) is 0 Å². The molecule has 0 amide bonds. The Morgan fingerprint density at radius 2 is 2.05 bits per heavy atom. The largest absolute Gasteiger partial charge is 0.356 e. The minimum absolute atomic E-state index is 0.159. The average Bonchev–Trinajstić information content (AvgIpc) is 2.90. The van der Waals surface area contributed by atoms with Gasteiger partial charge in [-0.25, -0.2) is 0 Å². The Kier molecular flexibility index (Phi) is 7.02. The maximum Gasteiger partial charge on any atom is 0.191 e. The summed E-state index contributed by atoms with van der Waals surface area (Å²) >= 11 is 1.80. The average molecular weight is 296 g/mol. The number of hydrogen-bond acceptors (Lipinski definition) is 3. The number of hydrogen-bond donors (Lipinski definition) is 3. The van der Waals surface area contributed by atoms with Crippen molar-refractivity contribution < 1.29 is 0 Å². The van der Waals surface area contributed by atoms with Crippen molar-refractivity contribution in [3.63, 3.8) is 0 Å². The van der Waals surface area contributed by atoms with Crippen LogP contribution >= 0.6 is 11.3 Å². The zero-order valence-corrected chi connectivity index (χ0v) is 14.1. The summed E-state index contributed by atoms with van der Waals surface area (Å²) in [5.41, 5.74) is 0.159. The number of rotatable bonds is 6. The van der Waals surface area contributed by atoms with Gasteiger partial charge in [0.1, 0.15) is 0 Å². The topological polar surface area (TPSA) is 48.5 Å². The molecular formula is C15H28N4S. The van der Waals surface area contributed by atoms with Crippen LogP contribution in [0.4, 0.5) is 0 Å². The lowest BCUT2D eigenvalue weighted by atomic mass is 10.1. The van der Waals surface area contributed by atoms with Crippen molar-refractivity contribution in [1.82, 2.24) is 16.0 Å². The van der Waals surface area contributed by atoms with Crippen molar-refractivity contribution >= 4 is 17.3 Å². The minimum Gasteiger partial charge on any atom is -0.356 e. The molecule has 0 aromatic carbocycles. The highest BCUT2D eigenvalue weighted by Gasteiger charge is 2.09. The number of guanidine groups is 1. The van der Waals surface area contributed by atoms with E-state index in [0.29, 0.717) is 5.92 Å². The normalized spacial score (nSPS) is 14.2. The molecule has 1 aromatic heterocycles. The molecule has 0 aliphatic rings. The SMILES string of the molecule is CN=C(NCCNC(C)(C)C)NCC(C)c1cccs1. The molecule has 0 fully saturated rings. The van der Waals surface area contributed by atoms with Crippen molar-refractivity contribution in [1.29, 1.82) is 0 Å². The van der Waals surface area contributed by atoms with Gasteiger partial charge in [-0.3, -0.25) is 4.99 Å². The fourth-order valence-corrected chi connectivity index (χ4v) is 2.55. The lowest BCUT2D eigenvalue weighted by Gasteiger charge is -2.21. The van der Waals surface area contributed by atoms with E-state index >= 15 is 0 Å². The van der Waals surface area contributed by atoms with Crippen LogP contribution in [0.2, 0.25) is 0 Å².